The maximum absolute atomic E-state index is 5.96. The van der Waals surface area contributed by atoms with Crippen molar-refractivity contribution in [3.8, 4) is 11.4 Å². The standard InChI is InChI=1S/C20H15NO/c1-2-6-15(7-3-1)21-17-9-5-4-8-16(17)19-18(21)11-10-14-12-13-22-20(14)19/h1-11H,12-13H2. The van der Waals surface area contributed by atoms with E-state index < -0.39 is 0 Å². The number of para-hydroxylation sites is 2. The molecule has 4 aromatic rings. The van der Waals surface area contributed by atoms with Crippen molar-refractivity contribution in [1.29, 1.82) is 0 Å². The first kappa shape index (κ1) is 11.9. The van der Waals surface area contributed by atoms with Gasteiger partial charge in [-0.15, -0.1) is 0 Å². The van der Waals surface area contributed by atoms with Crippen LogP contribution in [-0.4, -0.2) is 11.2 Å². The second kappa shape index (κ2) is 4.38. The van der Waals surface area contributed by atoms with Gasteiger partial charge in [-0.3, -0.25) is 0 Å². The third-order valence-corrected chi connectivity index (χ3v) is 4.50. The predicted molar refractivity (Wildman–Crippen MR) is 90.0 cm³/mol. The van der Waals surface area contributed by atoms with Crippen LogP contribution in [0.25, 0.3) is 27.5 Å². The molecule has 0 unspecified atom stereocenters. The first-order valence-electron chi connectivity index (χ1n) is 7.67. The minimum Gasteiger partial charge on any atom is -0.492 e. The quantitative estimate of drug-likeness (QED) is 0.493. The summed E-state index contributed by atoms with van der Waals surface area (Å²) in [4.78, 5) is 0. The summed E-state index contributed by atoms with van der Waals surface area (Å²) in [7, 11) is 0. The molecule has 1 aliphatic heterocycles. The first-order valence-corrected chi connectivity index (χ1v) is 7.67. The van der Waals surface area contributed by atoms with Crippen LogP contribution in [0.15, 0.2) is 66.7 Å². The molecule has 0 aliphatic carbocycles. The second-order valence-corrected chi connectivity index (χ2v) is 5.73. The fourth-order valence-electron chi connectivity index (χ4n) is 3.55. The molecule has 0 spiro atoms. The zero-order valence-electron chi connectivity index (χ0n) is 12.1. The first-order chi connectivity index (χ1) is 10.9. The maximum Gasteiger partial charge on any atom is 0.132 e. The van der Waals surface area contributed by atoms with Gasteiger partial charge in [-0.2, -0.15) is 0 Å². The highest BCUT2D eigenvalue weighted by molar-refractivity contribution is 6.12. The molecule has 2 nitrogen and oxygen atoms in total. The molecule has 1 aromatic heterocycles. The Morgan fingerprint density at radius 3 is 2.50 bits per heavy atom. The largest absolute Gasteiger partial charge is 0.492 e. The molecule has 106 valence electrons. The van der Waals surface area contributed by atoms with E-state index in [9.17, 15) is 0 Å². The van der Waals surface area contributed by atoms with Crippen molar-refractivity contribution in [2.45, 2.75) is 6.42 Å². The van der Waals surface area contributed by atoms with Gasteiger partial charge in [0.2, 0.25) is 0 Å². The Hall–Kier alpha value is -2.74. The van der Waals surface area contributed by atoms with E-state index in [4.69, 9.17) is 4.74 Å². The van der Waals surface area contributed by atoms with E-state index in [2.05, 4.69) is 71.3 Å². The number of benzene rings is 3. The molecule has 3 aromatic carbocycles. The fraction of sp³-hybridized carbons (Fsp3) is 0.100. The number of fused-ring (bicyclic) bond motifs is 5. The average molecular weight is 285 g/mol. The highest BCUT2D eigenvalue weighted by Gasteiger charge is 2.21. The molecular weight excluding hydrogens is 270 g/mol. The van der Waals surface area contributed by atoms with Gasteiger partial charge in [-0.1, -0.05) is 42.5 Å². The van der Waals surface area contributed by atoms with Crippen LogP contribution in [0.4, 0.5) is 0 Å². The number of aromatic nitrogens is 1. The predicted octanol–water partition coefficient (Wildman–Crippen LogP) is 4.72. The molecule has 22 heavy (non-hydrogen) atoms. The van der Waals surface area contributed by atoms with Gasteiger partial charge in [0, 0.05) is 17.5 Å². The van der Waals surface area contributed by atoms with Crippen LogP contribution >= 0.6 is 0 Å². The summed E-state index contributed by atoms with van der Waals surface area (Å²) in [6.07, 6.45) is 1.01. The van der Waals surface area contributed by atoms with E-state index >= 15 is 0 Å². The molecule has 2 heteroatoms. The van der Waals surface area contributed by atoms with Gasteiger partial charge in [0.15, 0.2) is 0 Å². The summed E-state index contributed by atoms with van der Waals surface area (Å²) >= 11 is 0. The summed E-state index contributed by atoms with van der Waals surface area (Å²) in [5.74, 6) is 1.07. The molecule has 0 saturated heterocycles. The van der Waals surface area contributed by atoms with Crippen molar-refractivity contribution in [3.05, 3.63) is 72.3 Å². The number of hydrogen-bond donors (Lipinski definition) is 0. The lowest BCUT2D eigenvalue weighted by Gasteiger charge is -2.07. The Kier molecular flexibility index (Phi) is 2.36. The molecule has 0 N–H and O–H groups in total. The summed E-state index contributed by atoms with van der Waals surface area (Å²) in [5.41, 5.74) is 4.95. The van der Waals surface area contributed by atoms with E-state index in [1.54, 1.807) is 0 Å². The third kappa shape index (κ3) is 1.49. The molecule has 0 amide bonds. The van der Waals surface area contributed by atoms with Crippen molar-refractivity contribution in [2.75, 3.05) is 6.61 Å². The van der Waals surface area contributed by atoms with Crippen LogP contribution in [0.3, 0.4) is 0 Å². The minimum atomic E-state index is 0.791. The van der Waals surface area contributed by atoms with E-state index in [1.807, 2.05) is 0 Å². The summed E-state index contributed by atoms with van der Waals surface area (Å²) in [6.45, 7) is 0.791. The highest BCUT2D eigenvalue weighted by Crippen LogP contribution is 2.41. The van der Waals surface area contributed by atoms with Crippen LogP contribution in [0.5, 0.6) is 5.75 Å². The number of hydrogen-bond acceptors (Lipinski definition) is 1. The smallest absolute Gasteiger partial charge is 0.132 e. The van der Waals surface area contributed by atoms with Crippen LogP contribution in [0, 0.1) is 0 Å². The Morgan fingerprint density at radius 2 is 1.59 bits per heavy atom. The molecule has 1 aliphatic rings. The monoisotopic (exact) mass is 285 g/mol. The van der Waals surface area contributed by atoms with Gasteiger partial charge in [0.1, 0.15) is 5.75 Å². The maximum atomic E-state index is 5.96. The molecule has 0 radical (unpaired) electrons. The van der Waals surface area contributed by atoms with Gasteiger partial charge in [0.25, 0.3) is 0 Å². The zero-order chi connectivity index (χ0) is 14.5. The van der Waals surface area contributed by atoms with Crippen molar-refractivity contribution in [1.82, 2.24) is 4.57 Å². The van der Waals surface area contributed by atoms with E-state index in [0.717, 1.165) is 18.8 Å². The molecule has 0 saturated carbocycles. The van der Waals surface area contributed by atoms with Gasteiger partial charge in [-0.05, 0) is 29.8 Å². The van der Waals surface area contributed by atoms with Crippen molar-refractivity contribution >= 4 is 21.8 Å². The Bertz CT molecular complexity index is 999. The van der Waals surface area contributed by atoms with Gasteiger partial charge < -0.3 is 9.30 Å². The molecular formula is C20H15NO. The highest BCUT2D eigenvalue weighted by atomic mass is 16.5. The summed E-state index contributed by atoms with van der Waals surface area (Å²) < 4.78 is 8.28. The van der Waals surface area contributed by atoms with E-state index in [0.29, 0.717) is 0 Å². The Morgan fingerprint density at radius 1 is 0.773 bits per heavy atom. The zero-order valence-corrected chi connectivity index (χ0v) is 12.1. The van der Waals surface area contributed by atoms with Crippen molar-refractivity contribution < 1.29 is 4.74 Å². The minimum absolute atomic E-state index is 0.791. The van der Waals surface area contributed by atoms with Gasteiger partial charge in [0.05, 0.1) is 23.0 Å². The van der Waals surface area contributed by atoms with E-state index in [-0.39, 0.29) is 0 Å². The SMILES string of the molecule is c1ccc(-n2c3ccccc3c3c4c(ccc32)CCO4)cc1. The molecule has 0 bridgehead atoms. The third-order valence-electron chi connectivity index (χ3n) is 4.50. The van der Waals surface area contributed by atoms with Crippen molar-refractivity contribution in [3.63, 3.8) is 0 Å². The Labute approximate surface area is 128 Å². The molecule has 0 fully saturated rings. The Balaban J connectivity index is 2.01. The summed E-state index contributed by atoms with van der Waals surface area (Å²) in [6, 6.07) is 23.5. The normalized spacial score (nSPS) is 13.5. The fourth-order valence-corrected chi connectivity index (χ4v) is 3.55. The van der Waals surface area contributed by atoms with E-state index in [1.165, 1.54) is 33.1 Å². The topological polar surface area (TPSA) is 14.2 Å². The molecule has 5 rings (SSSR count). The lowest BCUT2D eigenvalue weighted by atomic mass is 10.1. The number of rotatable bonds is 1. The molecule has 2 heterocycles. The average Bonchev–Trinajstić information content (AvgIpc) is 3.17. The second-order valence-electron chi connectivity index (χ2n) is 5.73. The van der Waals surface area contributed by atoms with Gasteiger partial charge >= 0.3 is 0 Å². The van der Waals surface area contributed by atoms with Gasteiger partial charge in [-0.25, -0.2) is 0 Å². The summed E-state index contributed by atoms with van der Waals surface area (Å²) in [5, 5.41) is 2.51. The van der Waals surface area contributed by atoms with Crippen LogP contribution < -0.4 is 4.74 Å². The lowest BCUT2D eigenvalue weighted by Crippen LogP contribution is -1.93. The van der Waals surface area contributed by atoms with Crippen LogP contribution in [0.2, 0.25) is 0 Å². The van der Waals surface area contributed by atoms with Crippen molar-refractivity contribution in [2.24, 2.45) is 0 Å². The number of nitrogens with zero attached hydrogens (tertiary/aromatic N) is 1. The lowest BCUT2D eigenvalue weighted by molar-refractivity contribution is 0.360. The molecule has 0 atom stereocenters. The van der Waals surface area contributed by atoms with Crippen LogP contribution in [-0.2, 0) is 6.42 Å². The van der Waals surface area contributed by atoms with Crippen LogP contribution in [0.1, 0.15) is 5.56 Å². The number of ether oxygens (including phenoxy) is 1.